The van der Waals surface area contributed by atoms with E-state index in [1.807, 2.05) is 90.2 Å². The van der Waals surface area contributed by atoms with Crippen LogP contribution in [-0.2, 0) is 23.7 Å². The summed E-state index contributed by atoms with van der Waals surface area (Å²) in [6, 6.07) is 23.4. The largest absolute Gasteiger partial charge is 0.355 e. The van der Waals surface area contributed by atoms with Gasteiger partial charge in [-0.15, -0.1) is 0 Å². The number of nitrogens with zero attached hydrogens (tertiary/aromatic N) is 3. The topological polar surface area (TPSA) is 91.8 Å². The van der Waals surface area contributed by atoms with E-state index < -0.39 is 11.8 Å². The van der Waals surface area contributed by atoms with E-state index in [-0.39, 0.29) is 0 Å². The third kappa shape index (κ3) is 3.28. The summed E-state index contributed by atoms with van der Waals surface area (Å²) in [5.41, 5.74) is 6.24. The van der Waals surface area contributed by atoms with Crippen LogP contribution in [0.15, 0.2) is 79.1 Å². The number of benzene rings is 3. The second-order valence-electron chi connectivity index (χ2n) is 8.91. The monoisotopic (exact) mass is 471 g/mol. The molecule has 0 radical (unpaired) electrons. The molecule has 2 N–H and O–H groups in total. The van der Waals surface area contributed by atoms with Crippen LogP contribution in [0.3, 0.4) is 0 Å². The van der Waals surface area contributed by atoms with Crippen LogP contribution >= 0.6 is 0 Å². The molecule has 36 heavy (non-hydrogen) atoms. The number of hydrogen-bond acceptors (Lipinski definition) is 4. The number of carbonyl (C=O) groups is 2. The van der Waals surface area contributed by atoms with Crippen molar-refractivity contribution in [1.82, 2.24) is 14.5 Å². The molecule has 1 aliphatic rings. The minimum atomic E-state index is -0.425. The maximum atomic E-state index is 13.1. The van der Waals surface area contributed by atoms with Crippen LogP contribution in [0.25, 0.3) is 33.0 Å². The zero-order valence-electron chi connectivity index (χ0n) is 19.7. The number of carbonyl (C=O) groups excluding carboxylic acids is 2. The van der Waals surface area contributed by atoms with E-state index in [0.29, 0.717) is 27.8 Å². The normalized spacial score (nSPS) is 13.5. The average Bonchev–Trinajstić information content (AvgIpc) is 3.49. The summed E-state index contributed by atoms with van der Waals surface area (Å²) in [6.45, 7) is 0. The Morgan fingerprint density at radius 3 is 1.94 bits per heavy atom. The Morgan fingerprint density at radius 2 is 1.33 bits per heavy atom. The summed E-state index contributed by atoms with van der Waals surface area (Å²) in [5.74, 6) is -0.842. The number of amides is 2. The summed E-state index contributed by atoms with van der Waals surface area (Å²) in [4.78, 5) is 26.2. The molecule has 0 atom stereocenters. The highest BCUT2D eigenvalue weighted by atomic mass is 16.2. The maximum absolute atomic E-state index is 13.1. The first-order valence-corrected chi connectivity index (χ1v) is 11.5. The molecule has 2 aromatic heterocycles. The summed E-state index contributed by atoms with van der Waals surface area (Å²) in [5, 5.41) is 16.9. The fraction of sp³-hybridized carbons (Fsp3) is 0.0690. The quantitative estimate of drug-likeness (QED) is 0.367. The molecule has 0 saturated heterocycles. The van der Waals surface area contributed by atoms with E-state index in [4.69, 9.17) is 0 Å². The molecule has 174 valence electrons. The predicted molar refractivity (Wildman–Crippen MR) is 140 cm³/mol. The van der Waals surface area contributed by atoms with Gasteiger partial charge in [-0.1, -0.05) is 30.3 Å². The second-order valence-corrected chi connectivity index (χ2v) is 8.91. The molecule has 0 spiro atoms. The number of nitrogens with one attached hydrogen (secondary N) is 2. The van der Waals surface area contributed by atoms with Crippen molar-refractivity contribution >= 4 is 56.1 Å². The van der Waals surface area contributed by atoms with Gasteiger partial charge in [0.05, 0.1) is 28.3 Å². The Kier molecular flexibility index (Phi) is 4.76. The standard InChI is InChI=1S/C29H21N5O2/c1-33-15-22(20-10-8-17(14-30)12-24(20)33)26-27(29(36)32-28(26)35)23-16-34(2)25-13-19(9-11-21(23)25)31-18-6-4-3-5-7-18/h3-13,15-16,31H,1-2H3,(H,32,35,36). The molecule has 2 amide bonds. The molecule has 1 aliphatic heterocycles. The lowest BCUT2D eigenvalue weighted by Gasteiger charge is -2.07. The summed E-state index contributed by atoms with van der Waals surface area (Å²) >= 11 is 0. The van der Waals surface area contributed by atoms with Gasteiger partial charge in [0.25, 0.3) is 11.8 Å². The van der Waals surface area contributed by atoms with Crippen LogP contribution in [0, 0.1) is 11.3 Å². The zero-order chi connectivity index (χ0) is 25.0. The number of para-hydroxylation sites is 1. The summed E-state index contributed by atoms with van der Waals surface area (Å²) in [7, 11) is 3.79. The molecule has 0 saturated carbocycles. The Labute approximate surface area is 206 Å². The third-order valence-electron chi connectivity index (χ3n) is 6.64. The van der Waals surface area contributed by atoms with Gasteiger partial charge in [-0.2, -0.15) is 5.26 Å². The minimum Gasteiger partial charge on any atom is -0.355 e. The molecule has 7 heteroatoms. The Bertz CT molecular complexity index is 1800. The molecule has 0 fully saturated rings. The third-order valence-corrected chi connectivity index (χ3v) is 6.64. The van der Waals surface area contributed by atoms with E-state index in [1.54, 1.807) is 12.1 Å². The van der Waals surface area contributed by atoms with Gasteiger partial charge in [-0.25, -0.2) is 0 Å². The van der Waals surface area contributed by atoms with Gasteiger partial charge in [0.15, 0.2) is 0 Å². The van der Waals surface area contributed by atoms with Crippen LogP contribution in [0.5, 0.6) is 0 Å². The molecule has 5 aromatic rings. The van der Waals surface area contributed by atoms with E-state index in [2.05, 4.69) is 16.7 Å². The lowest BCUT2D eigenvalue weighted by atomic mass is 9.95. The van der Waals surface area contributed by atoms with Gasteiger partial charge in [0.1, 0.15) is 0 Å². The van der Waals surface area contributed by atoms with Crippen molar-refractivity contribution in [3.05, 3.63) is 95.8 Å². The van der Waals surface area contributed by atoms with Gasteiger partial charge in [0, 0.05) is 65.3 Å². The SMILES string of the molecule is Cn1cc(C2=C(c3cn(C)c4cc(Nc5ccccc5)ccc34)C(=O)NC2=O)c2ccc(C#N)cc21. The average molecular weight is 472 g/mol. The number of nitriles is 1. The number of rotatable bonds is 4. The van der Waals surface area contributed by atoms with Gasteiger partial charge in [-0.3, -0.25) is 14.9 Å². The highest BCUT2D eigenvalue weighted by Gasteiger charge is 2.35. The summed E-state index contributed by atoms with van der Waals surface area (Å²) < 4.78 is 3.83. The number of hydrogen-bond donors (Lipinski definition) is 2. The van der Waals surface area contributed by atoms with E-state index in [1.165, 1.54) is 0 Å². The zero-order valence-corrected chi connectivity index (χ0v) is 19.7. The van der Waals surface area contributed by atoms with Crippen LogP contribution in [0.4, 0.5) is 11.4 Å². The van der Waals surface area contributed by atoms with E-state index >= 15 is 0 Å². The van der Waals surface area contributed by atoms with Gasteiger partial charge in [0.2, 0.25) is 0 Å². The smallest absolute Gasteiger partial charge is 0.259 e. The van der Waals surface area contributed by atoms with E-state index in [9.17, 15) is 14.9 Å². The molecule has 7 nitrogen and oxygen atoms in total. The number of anilines is 2. The molecule has 3 heterocycles. The van der Waals surface area contributed by atoms with Crippen LogP contribution in [0.2, 0.25) is 0 Å². The first-order chi connectivity index (χ1) is 17.4. The number of imide groups is 1. The van der Waals surface area contributed by atoms with Gasteiger partial charge >= 0.3 is 0 Å². The van der Waals surface area contributed by atoms with Crippen molar-refractivity contribution in [3.63, 3.8) is 0 Å². The molecule has 6 rings (SSSR count). The lowest BCUT2D eigenvalue weighted by Crippen LogP contribution is -2.22. The molecule has 0 aliphatic carbocycles. The molecule has 0 unspecified atom stereocenters. The van der Waals surface area contributed by atoms with Crippen molar-refractivity contribution in [1.29, 1.82) is 5.26 Å². The van der Waals surface area contributed by atoms with Crippen LogP contribution < -0.4 is 10.6 Å². The molecular weight excluding hydrogens is 450 g/mol. The lowest BCUT2D eigenvalue weighted by molar-refractivity contribution is -0.122. The first kappa shape index (κ1) is 21.4. The maximum Gasteiger partial charge on any atom is 0.259 e. The molecule has 0 bridgehead atoms. The molecular formula is C29H21N5O2. The Morgan fingerprint density at radius 1 is 0.750 bits per heavy atom. The highest BCUT2D eigenvalue weighted by Crippen LogP contribution is 2.39. The van der Waals surface area contributed by atoms with Crippen molar-refractivity contribution < 1.29 is 9.59 Å². The minimum absolute atomic E-state index is 0.342. The number of aryl methyl sites for hydroxylation is 2. The van der Waals surface area contributed by atoms with Crippen LogP contribution in [-0.4, -0.2) is 20.9 Å². The molecule has 3 aromatic carbocycles. The number of fused-ring (bicyclic) bond motifs is 2. The highest BCUT2D eigenvalue weighted by molar-refractivity contribution is 6.50. The van der Waals surface area contributed by atoms with Crippen molar-refractivity contribution in [2.45, 2.75) is 0 Å². The van der Waals surface area contributed by atoms with Crippen molar-refractivity contribution in [2.24, 2.45) is 14.1 Å². The number of aromatic nitrogens is 2. The summed E-state index contributed by atoms with van der Waals surface area (Å²) in [6.07, 6.45) is 3.73. The van der Waals surface area contributed by atoms with Crippen LogP contribution in [0.1, 0.15) is 16.7 Å². The Balaban J connectivity index is 1.53. The van der Waals surface area contributed by atoms with Crippen molar-refractivity contribution in [3.8, 4) is 6.07 Å². The van der Waals surface area contributed by atoms with Gasteiger partial charge < -0.3 is 14.5 Å². The predicted octanol–water partition coefficient (Wildman–Crippen LogP) is 4.85. The fourth-order valence-electron chi connectivity index (χ4n) is 4.97. The Hall–Kier alpha value is -5.09. The van der Waals surface area contributed by atoms with Gasteiger partial charge in [-0.05, 0) is 36.4 Å². The first-order valence-electron chi connectivity index (χ1n) is 11.5. The fourth-order valence-corrected chi connectivity index (χ4v) is 4.97. The second kappa shape index (κ2) is 8.00. The van der Waals surface area contributed by atoms with Crippen molar-refractivity contribution in [2.75, 3.05) is 5.32 Å². The van der Waals surface area contributed by atoms with E-state index in [0.717, 1.165) is 33.2 Å².